The summed E-state index contributed by atoms with van der Waals surface area (Å²) in [6.07, 6.45) is 11.2. The number of carbonyl (C=O) groups excluding carboxylic acids is 1. The van der Waals surface area contributed by atoms with E-state index in [0.717, 1.165) is 13.1 Å². The first-order valence-corrected chi connectivity index (χ1v) is 9.76. The highest BCUT2D eigenvalue weighted by atomic mass is 16.2. The number of likely N-dealkylation sites (tertiary alicyclic amines) is 2. The van der Waals surface area contributed by atoms with E-state index >= 15 is 0 Å². The van der Waals surface area contributed by atoms with E-state index in [4.69, 9.17) is 0 Å². The maximum atomic E-state index is 12.5. The molecule has 0 radical (unpaired) electrons. The molecule has 0 bridgehead atoms. The van der Waals surface area contributed by atoms with Gasteiger partial charge < -0.3 is 4.90 Å². The third-order valence-electron chi connectivity index (χ3n) is 5.49. The van der Waals surface area contributed by atoms with E-state index in [1.807, 2.05) is 6.92 Å². The van der Waals surface area contributed by atoms with Crippen LogP contribution in [0.2, 0.25) is 0 Å². The molecule has 0 aliphatic carbocycles. The highest BCUT2D eigenvalue weighted by Gasteiger charge is 2.28. The summed E-state index contributed by atoms with van der Waals surface area (Å²) in [5.41, 5.74) is 0. The SMILES string of the molecule is C[C@H](C(=O)Nc1ncccn1)N1CCC[C@H](CN2CCCCCC2)C1. The van der Waals surface area contributed by atoms with Crippen molar-refractivity contribution in [2.75, 3.05) is 38.0 Å². The molecule has 25 heavy (non-hydrogen) atoms. The Kier molecular flexibility index (Phi) is 6.76. The number of aromatic nitrogens is 2. The molecule has 0 saturated carbocycles. The number of rotatable bonds is 5. The largest absolute Gasteiger partial charge is 0.303 e. The van der Waals surface area contributed by atoms with Crippen LogP contribution in [0.5, 0.6) is 0 Å². The molecule has 6 nitrogen and oxygen atoms in total. The summed E-state index contributed by atoms with van der Waals surface area (Å²) in [6.45, 7) is 7.69. The molecule has 3 rings (SSSR count). The summed E-state index contributed by atoms with van der Waals surface area (Å²) in [7, 11) is 0. The van der Waals surface area contributed by atoms with Gasteiger partial charge in [0.05, 0.1) is 6.04 Å². The summed E-state index contributed by atoms with van der Waals surface area (Å²) in [5.74, 6) is 1.05. The van der Waals surface area contributed by atoms with Crippen molar-refractivity contribution in [3.05, 3.63) is 18.5 Å². The molecular weight excluding hydrogens is 314 g/mol. The Morgan fingerprint density at radius 3 is 2.60 bits per heavy atom. The number of carbonyl (C=O) groups is 1. The third kappa shape index (κ3) is 5.47. The van der Waals surface area contributed by atoms with Gasteiger partial charge in [-0.05, 0) is 64.2 Å². The fourth-order valence-electron chi connectivity index (χ4n) is 4.03. The predicted molar refractivity (Wildman–Crippen MR) is 99.3 cm³/mol. The number of nitrogens with one attached hydrogen (secondary N) is 1. The van der Waals surface area contributed by atoms with Crippen LogP contribution in [-0.4, -0.2) is 64.4 Å². The average molecular weight is 345 g/mol. The monoisotopic (exact) mass is 345 g/mol. The van der Waals surface area contributed by atoms with Gasteiger partial charge in [0.15, 0.2) is 0 Å². The first-order valence-electron chi connectivity index (χ1n) is 9.76. The average Bonchev–Trinajstić information content (AvgIpc) is 2.91. The van der Waals surface area contributed by atoms with Crippen LogP contribution in [0.1, 0.15) is 45.4 Å². The molecule has 6 heteroatoms. The molecule has 2 saturated heterocycles. The van der Waals surface area contributed by atoms with Crippen LogP contribution in [0, 0.1) is 5.92 Å². The highest BCUT2D eigenvalue weighted by Crippen LogP contribution is 2.21. The Labute approximate surface area is 151 Å². The Bertz CT molecular complexity index is 530. The van der Waals surface area contributed by atoms with E-state index in [0.29, 0.717) is 11.9 Å². The minimum atomic E-state index is -0.143. The lowest BCUT2D eigenvalue weighted by Crippen LogP contribution is -2.49. The van der Waals surface area contributed by atoms with E-state index in [1.165, 1.54) is 58.2 Å². The Balaban J connectivity index is 1.50. The summed E-state index contributed by atoms with van der Waals surface area (Å²) in [4.78, 5) is 25.6. The first-order chi connectivity index (χ1) is 12.2. The molecular formula is C19H31N5O. The van der Waals surface area contributed by atoms with Crippen molar-refractivity contribution in [2.45, 2.75) is 51.5 Å². The molecule has 1 N–H and O–H groups in total. The van der Waals surface area contributed by atoms with Gasteiger partial charge in [-0.2, -0.15) is 0 Å². The van der Waals surface area contributed by atoms with Gasteiger partial charge in [0.25, 0.3) is 0 Å². The zero-order chi connectivity index (χ0) is 17.5. The van der Waals surface area contributed by atoms with Gasteiger partial charge in [-0.15, -0.1) is 0 Å². The van der Waals surface area contributed by atoms with Crippen molar-refractivity contribution in [3.8, 4) is 0 Å². The van der Waals surface area contributed by atoms with Crippen LogP contribution in [0.4, 0.5) is 5.95 Å². The summed E-state index contributed by atoms with van der Waals surface area (Å²) < 4.78 is 0. The van der Waals surface area contributed by atoms with Gasteiger partial charge in [0, 0.05) is 25.5 Å². The molecule has 2 aliphatic heterocycles. The van der Waals surface area contributed by atoms with Gasteiger partial charge in [0.1, 0.15) is 0 Å². The Morgan fingerprint density at radius 2 is 1.88 bits per heavy atom. The van der Waals surface area contributed by atoms with Gasteiger partial charge in [-0.25, -0.2) is 9.97 Å². The van der Waals surface area contributed by atoms with E-state index in [-0.39, 0.29) is 11.9 Å². The van der Waals surface area contributed by atoms with Gasteiger partial charge in [0.2, 0.25) is 11.9 Å². The first kappa shape index (κ1) is 18.3. The maximum Gasteiger partial charge on any atom is 0.243 e. The standard InChI is InChI=1S/C19H31N5O/c1-16(18(25)22-19-20-9-7-10-21-19)24-13-6-8-17(15-24)14-23-11-4-2-3-5-12-23/h7,9-10,16-17H,2-6,8,11-15H2,1H3,(H,20,21,22,25)/t16-,17-/m1/s1. The fraction of sp³-hybridized carbons (Fsp3) is 0.737. The van der Waals surface area contributed by atoms with Gasteiger partial charge in [-0.1, -0.05) is 12.8 Å². The fourth-order valence-corrected chi connectivity index (χ4v) is 4.03. The zero-order valence-electron chi connectivity index (χ0n) is 15.4. The second kappa shape index (κ2) is 9.25. The van der Waals surface area contributed by atoms with Crippen molar-refractivity contribution in [1.82, 2.24) is 19.8 Å². The second-order valence-corrected chi connectivity index (χ2v) is 7.46. The Hall–Kier alpha value is -1.53. The van der Waals surface area contributed by atoms with Gasteiger partial charge in [-0.3, -0.25) is 15.0 Å². The lowest BCUT2D eigenvalue weighted by molar-refractivity contribution is -0.121. The summed E-state index contributed by atoms with van der Waals surface area (Å²) in [5, 5.41) is 2.83. The van der Waals surface area contributed by atoms with E-state index in [2.05, 4.69) is 25.1 Å². The van der Waals surface area contributed by atoms with Crippen LogP contribution >= 0.6 is 0 Å². The number of hydrogen-bond donors (Lipinski definition) is 1. The number of anilines is 1. The van der Waals surface area contributed by atoms with Gasteiger partial charge >= 0.3 is 0 Å². The number of hydrogen-bond acceptors (Lipinski definition) is 5. The molecule has 0 unspecified atom stereocenters. The lowest BCUT2D eigenvalue weighted by atomic mass is 9.96. The Morgan fingerprint density at radius 1 is 1.16 bits per heavy atom. The summed E-state index contributed by atoms with van der Waals surface area (Å²) in [6, 6.07) is 1.60. The van der Waals surface area contributed by atoms with Crippen LogP contribution in [0.25, 0.3) is 0 Å². The topological polar surface area (TPSA) is 61.4 Å². The van der Waals surface area contributed by atoms with Crippen molar-refractivity contribution in [3.63, 3.8) is 0 Å². The molecule has 3 heterocycles. The molecule has 1 aromatic heterocycles. The normalized spacial score (nSPS) is 24.4. The molecule has 2 aliphatic rings. The minimum absolute atomic E-state index is 0.0124. The van der Waals surface area contributed by atoms with Crippen LogP contribution in [-0.2, 0) is 4.79 Å². The molecule has 2 atom stereocenters. The number of nitrogens with zero attached hydrogens (tertiary/aromatic N) is 4. The highest BCUT2D eigenvalue weighted by molar-refractivity contribution is 5.93. The second-order valence-electron chi connectivity index (χ2n) is 7.46. The minimum Gasteiger partial charge on any atom is -0.303 e. The molecule has 1 aromatic rings. The number of piperidine rings is 1. The van der Waals surface area contributed by atoms with Crippen molar-refractivity contribution >= 4 is 11.9 Å². The lowest BCUT2D eigenvalue weighted by Gasteiger charge is -2.38. The van der Waals surface area contributed by atoms with Crippen LogP contribution in [0.15, 0.2) is 18.5 Å². The predicted octanol–water partition coefficient (Wildman–Crippen LogP) is 2.39. The van der Waals surface area contributed by atoms with Crippen molar-refractivity contribution in [2.24, 2.45) is 5.92 Å². The van der Waals surface area contributed by atoms with Crippen LogP contribution < -0.4 is 5.32 Å². The smallest absolute Gasteiger partial charge is 0.243 e. The quantitative estimate of drug-likeness (QED) is 0.888. The molecule has 138 valence electrons. The van der Waals surface area contributed by atoms with Crippen LogP contribution in [0.3, 0.4) is 0 Å². The van der Waals surface area contributed by atoms with E-state index in [1.54, 1.807) is 18.5 Å². The maximum absolute atomic E-state index is 12.5. The third-order valence-corrected chi connectivity index (χ3v) is 5.49. The molecule has 2 fully saturated rings. The molecule has 1 amide bonds. The van der Waals surface area contributed by atoms with Crippen molar-refractivity contribution in [1.29, 1.82) is 0 Å². The molecule has 0 aromatic carbocycles. The van der Waals surface area contributed by atoms with E-state index < -0.39 is 0 Å². The summed E-state index contributed by atoms with van der Waals surface area (Å²) >= 11 is 0. The number of amides is 1. The van der Waals surface area contributed by atoms with Crippen molar-refractivity contribution < 1.29 is 4.79 Å². The molecule has 0 spiro atoms. The van der Waals surface area contributed by atoms with E-state index in [9.17, 15) is 4.79 Å². The zero-order valence-corrected chi connectivity index (χ0v) is 15.4.